The Bertz CT molecular complexity index is 1190. The molecule has 1 aromatic carbocycles. The van der Waals surface area contributed by atoms with Crippen LogP contribution in [0.4, 0.5) is 13.2 Å². The van der Waals surface area contributed by atoms with Gasteiger partial charge in [0.25, 0.3) is 0 Å². The zero-order valence-corrected chi connectivity index (χ0v) is 26.3. The quantitative estimate of drug-likeness (QED) is 0.273. The van der Waals surface area contributed by atoms with Crippen LogP contribution in [0.3, 0.4) is 0 Å². The normalized spacial score (nSPS) is 17.6. The molecule has 2 rings (SSSR count). The van der Waals surface area contributed by atoms with E-state index in [9.17, 15) is 23.1 Å². The van der Waals surface area contributed by atoms with Gasteiger partial charge in [0.1, 0.15) is 6.61 Å². The summed E-state index contributed by atoms with van der Waals surface area (Å²) in [4.78, 5) is 11.9. The molecule has 1 atom stereocenters. The maximum atomic E-state index is 12.7. The molecule has 0 saturated heterocycles. The van der Waals surface area contributed by atoms with Crippen LogP contribution in [0.15, 0.2) is 41.2 Å². The number of benzene rings is 1. The van der Waals surface area contributed by atoms with Gasteiger partial charge in [0.2, 0.25) is 0 Å². The molecule has 6 heteroatoms. The van der Waals surface area contributed by atoms with Gasteiger partial charge < -0.3 is 9.84 Å². The van der Waals surface area contributed by atoms with E-state index in [1.165, 1.54) is 5.57 Å². The second kappa shape index (κ2) is 11.9. The molecule has 0 heterocycles. The Hall–Kier alpha value is -2.30. The average molecular weight is 563 g/mol. The van der Waals surface area contributed by atoms with Crippen molar-refractivity contribution in [2.75, 3.05) is 13.2 Å². The fourth-order valence-electron chi connectivity index (χ4n) is 6.58. The highest BCUT2D eigenvalue weighted by Crippen LogP contribution is 2.45. The maximum absolute atomic E-state index is 12.7. The number of aliphatic carboxylic acids is 1. The van der Waals surface area contributed by atoms with Crippen molar-refractivity contribution < 1.29 is 27.8 Å². The standard InChI is InChI=1S/C34H49F3O3/c1-22-14-24(3)28(32(8,9)18-30(4,5)20-40-21-34(35,36)37)16-25(15-22)27-17-26(13-12-23(27)2)31(6,7)19-33(10,11)29(38)39/h12-13,15,17,24H,14,18-21H2,1-11H3,(H,38,39). The number of alkyl halides is 3. The Kier molecular flexibility index (Phi) is 10.1. The molecule has 1 N–H and O–H groups in total. The summed E-state index contributed by atoms with van der Waals surface area (Å²) in [7, 11) is 0. The minimum absolute atomic E-state index is 0.0222. The van der Waals surface area contributed by atoms with Crippen LogP contribution in [-0.4, -0.2) is 30.5 Å². The first-order valence-corrected chi connectivity index (χ1v) is 14.1. The van der Waals surface area contributed by atoms with Gasteiger partial charge in [0.15, 0.2) is 0 Å². The van der Waals surface area contributed by atoms with E-state index in [1.807, 2.05) is 13.8 Å². The number of carbonyl (C=O) groups is 1. The second-order valence-electron chi connectivity index (χ2n) is 14.7. The van der Waals surface area contributed by atoms with E-state index >= 15 is 0 Å². The average Bonchev–Trinajstić information content (AvgIpc) is 2.89. The minimum Gasteiger partial charge on any atom is -0.481 e. The van der Waals surface area contributed by atoms with Crippen LogP contribution in [-0.2, 0) is 14.9 Å². The van der Waals surface area contributed by atoms with Crippen molar-refractivity contribution in [3.8, 4) is 0 Å². The third-order valence-corrected chi connectivity index (χ3v) is 7.96. The van der Waals surface area contributed by atoms with Crippen LogP contribution in [0.25, 0.3) is 5.57 Å². The molecule has 1 aliphatic carbocycles. The minimum atomic E-state index is -4.34. The van der Waals surface area contributed by atoms with E-state index in [2.05, 4.69) is 78.5 Å². The van der Waals surface area contributed by atoms with E-state index in [0.717, 1.165) is 34.3 Å². The molecule has 224 valence electrons. The molecular formula is C34H49F3O3. The third-order valence-electron chi connectivity index (χ3n) is 7.96. The van der Waals surface area contributed by atoms with E-state index in [4.69, 9.17) is 4.74 Å². The number of halogens is 3. The Balaban J connectivity index is 2.58. The number of allylic oxidation sites excluding steroid dienone is 3. The highest BCUT2D eigenvalue weighted by molar-refractivity contribution is 5.78. The van der Waals surface area contributed by atoms with Crippen molar-refractivity contribution >= 4 is 11.5 Å². The molecule has 0 radical (unpaired) electrons. The molecule has 0 fully saturated rings. The molecule has 40 heavy (non-hydrogen) atoms. The Morgan fingerprint density at radius 1 is 0.975 bits per heavy atom. The summed E-state index contributed by atoms with van der Waals surface area (Å²) in [6.45, 7) is 21.1. The lowest BCUT2D eigenvalue weighted by molar-refractivity contribution is -0.180. The second-order valence-corrected chi connectivity index (χ2v) is 14.7. The molecule has 0 aromatic heterocycles. The third kappa shape index (κ3) is 9.11. The first-order chi connectivity index (χ1) is 18.0. The molecule has 0 spiro atoms. The van der Waals surface area contributed by atoms with Crippen molar-refractivity contribution in [1.29, 1.82) is 0 Å². The summed E-state index contributed by atoms with van der Waals surface area (Å²) < 4.78 is 43.1. The van der Waals surface area contributed by atoms with Gasteiger partial charge in [-0.2, -0.15) is 13.2 Å². The number of carboxylic acids is 1. The van der Waals surface area contributed by atoms with Crippen molar-refractivity contribution in [3.63, 3.8) is 0 Å². The van der Waals surface area contributed by atoms with Crippen molar-refractivity contribution in [2.45, 2.75) is 107 Å². The van der Waals surface area contributed by atoms with Crippen molar-refractivity contribution in [3.05, 3.63) is 57.8 Å². The molecule has 0 saturated carbocycles. The van der Waals surface area contributed by atoms with Crippen molar-refractivity contribution in [1.82, 2.24) is 0 Å². The maximum Gasteiger partial charge on any atom is 0.411 e. The predicted octanol–water partition coefficient (Wildman–Crippen LogP) is 9.69. The van der Waals surface area contributed by atoms with E-state index in [0.29, 0.717) is 12.8 Å². The van der Waals surface area contributed by atoms with E-state index in [-0.39, 0.29) is 23.4 Å². The number of carboxylic acid groups (broad SMARTS) is 1. The summed E-state index contributed by atoms with van der Waals surface area (Å²) in [6, 6.07) is 6.36. The van der Waals surface area contributed by atoms with Gasteiger partial charge in [-0.25, -0.2) is 0 Å². The highest BCUT2D eigenvalue weighted by Gasteiger charge is 2.37. The summed E-state index contributed by atoms with van der Waals surface area (Å²) in [5, 5.41) is 9.73. The fraction of sp³-hybridized carbons (Fsp3) is 0.647. The zero-order chi connectivity index (χ0) is 30.9. The van der Waals surface area contributed by atoms with Gasteiger partial charge in [-0.15, -0.1) is 5.73 Å². The van der Waals surface area contributed by atoms with Gasteiger partial charge in [0.05, 0.1) is 12.0 Å². The van der Waals surface area contributed by atoms with Crippen LogP contribution in [0.1, 0.15) is 105 Å². The Labute approximate surface area is 239 Å². The SMILES string of the molecule is CC1=CC(c2cc(C(C)(C)CC(C)(C)C(=O)O)ccc2C)=C=C(C(C)(C)CC(C)(C)COCC(F)(F)F)C(C)C1. The van der Waals surface area contributed by atoms with E-state index in [1.54, 1.807) is 13.8 Å². The highest BCUT2D eigenvalue weighted by atomic mass is 19.4. The number of aryl methyl sites for hydroxylation is 1. The number of rotatable bonds is 11. The lowest BCUT2D eigenvalue weighted by Gasteiger charge is -2.38. The summed E-state index contributed by atoms with van der Waals surface area (Å²) in [5.74, 6) is -0.597. The molecular weight excluding hydrogens is 513 g/mol. The summed E-state index contributed by atoms with van der Waals surface area (Å²) >= 11 is 0. The molecule has 1 aromatic rings. The van der Waals surface area contributed by atoms with Crippen LogP contribution < -0.4 is 0 Å². The molecule has 0 aliphatic heterocycles. The van der Waals surface area contributed by atoms with Gasteiger partial charge in [0, 0.05) is 5.57 Å². The Morgan fingerprint density at radius 2 is 1.57 bits per heavy atom. The smallest absolute Gasteiger partial charge is 0.411 e. The Morgan fingerprint density at radius 3 is 2.12 bits per heavy atom. The van der Waals surface area contributed by atoms with Crippen LogP contribution in [0.2, 0.25) is 0 Å². The van der Waals surface area contributed by atoms with Crippen LogP contribution in [0, 0.1) is 29.1 Å². The lowest BCUT2D eigenvalue weighted by atomic mass is 9.68. The number of hydrogen-bond donors (Lipinski definition) is 1. The van der Waals surface area contributed by atoms with Crippen molar-refractivity contribution in [2.24, 2.45) is 22.2 Å². The molecule has 1 unspecified atom stereocenters. The molecule has 0 bridgehead atoms. The lowest BCUT2D eigenvalue weighted by Crippen LogP contribution is -2.32. The van der Waals surface area contributed by atoms with Gasteiger partial charge in [-0.3, -0.25) is 4.79 Å². The van der Waals surface area contributed by atoms with Gasteiger partial charge in [-0.05, 0) is 104 Å². The van der Waals surface area contributed by atoms with Gasteiger partial charge >= 0.3 is 12.1 Å². The molecule has 0 amide bonds. The van der Waals surface area contributed by atoms with Crippen LogP contribution in [0.5, 0.6) is 0 Å². The van der Waals surface area contributed by atoms with E-state index < -0.39 is 29.6 Å². The molecule has 3 nitrogen and oxygen atoms in total. The predicted molar refractivity (Wildman–Crippen MR) is 157 cm³/mol. The summed E-state index contributed by atoms with van der Waals surface area (Å²) in [5.41, 5.74) is 8.38. The first-order valence-electron chi connectivity index (χ1n) is 14.1. The number of hydrogen-bond acceptors (Lipinski definition) is 2. The molecule has 1 aliphatic rings. The van der Waals surface area contributed by atoms with Gasteiger partial charge in [-0.1, -0.05) is 66.2 Å². The topological polar surface area (TPSA) is 46.5 Å². The number of ether oxygens (including phenoxy) is 1. The largest absolute Gasteiger partial charge is 0.481 e. The monoisotopic (exact) mass is 562 g/mol. The first kappa shape index (κ1) is 33.9. The van der Waals surface area contributed by atoms with Crippen LogP contribution >= 0.6 is 0 Å². The fourth-order valence-corrected chi connectivity index (χ4v) is 6.58. The zero-order valence-electron chi connectivity index (χ0n) is 26.3. The summed E-state index contributed by atoms with van der Waals surface area (Å²) in [6.07, 6.45) is -0.139.